The van der Waals surface area contributed by atoms with Crippen molar-refractivity contribution in [2.45, 2.75) is 18.8 Å². The van der Waals surface area contributed by atoms with Crippen LogP contribution >= 0.6 is 0 Å². The Morgan fingerprint density at radius 3 is 2.68 bits per heavy atom. The topological polar surface area (TPSA) is 105 Å². The predicted molar refractivity (Wildman–Crippen MR) is 113 cm³/mol. The fourth-order valence-corrected chi connectivity index (χ4v) is 5.40. The number of carbonyl (C=O) groups excluding carboxylic acids is 2. The summed E-state index contributed by atoms with van der Waals surface area (Å²) in [6.07, 6.45) is 0.760. The summed E-state index contributed by atoms with van der Waals surface area (Å²) in [5.41, 5.74) is 1.66. The van der Waals surface area contributed by atoms with Crippen molar-refractivity contribution in [1.82, 2.24) is 10.2 Å². The van der Waals surface area contributed by atoms with Crippen molar-refractivity contribution in [3.63, 3.8) is 0 Å². The highest BCUT2D eigenvalue weighted by Gasteiger charge is 2.67. The van der Waals surface area contributed by atoms with Gasteiger partial charge in [0.15, 0.2) is 11.6 Å². The van der Waals surface area contributed by atoms with Crippen molar-refractivity contribution in [1.29, 1.82) is 0 Å². The van der Waals surface area contributed by atoms with Gasteiger partial charge in [0.2, 0.25) is 5.41 Å². The van der Waals surface area contributed by atoms with Crippen molar-refractivity contribution in [3.05, 3.63) is 91.9 Å². The van der Waals surface area contributed by atoms with Gasteiger partial charge in [-0.3, -0.25) is 19.7 Å². The van der Waals surface area contributed by atoms with Gasteiger partial charge in [-0.1, -0.05) is 42.0 Å². The summed E-state index contributed by atoms with van der Waals surface area (Å²) in [7, 11) is 0. The Morgan fingerprint density at radius 2 is 1.90 bits per heavy atom. The van der Waals surface area contributed by atoms with Crippen LogP contribution in [-0.2, 0) is 10.2 Å². The maximum absolute atomic E-state index is 13.7. The van der Waals surface area contributed by atoms with E-state index in [1.54, 1.807) is 24.3 Å². The van der Waals surface area contributed by atoms with Gasteiger partial charge in [0.1, 0.15) is 0 Å². The Kier molecular flexibility index (Phi) is 3.35. The quantitative estimate of drug-likeness (QED) is 0.549. The van der Waals surface area contributed by atoms with Crippen LogP contribution in [0.25, 0.3) is 5.70 Å². The fraction of sp³-hybridized carbons (Fsp3) is 0.217. The molecule has 8 heteroatoms. The number of ketones is 1. The number of Topliss-reactive ketones (excluding diaryl/α,β-unsaturated/α-hetero) is 1. The third-order valence-corrected chi connectivity index (χ3v) is 6.59. The minimum absolute atomic E-state index is 0.176. The van der Waals surface area contributed by atoms with Crippen molar-refractivity contribution < 1.29 is 14.5 Å². The monoisotopic (exact) mass is 414 g/mol. The number of amides is 1. The van der Waals surface area contributed by atoms with Crippen molar-refractivity contribution >= 4 is 23.1 Å². The Labute approximate surface area is 177 Å². The SMILES string of the molecule is Cc1ccc2c(c1)C1(C(=O)N2)C2=C(c3ccccc3C2=O)N2CCCNC2=C1[N+](=O)[O-]. The second-order valence-electron chi connectivity index (χ2n) is 8.24. The number of carbonyl (C=O) groups is 2. The highest BCUT2D eigenvalue weighted by molar-refractivity contribution is 6.29. The number of benzene rings is 2. The highest BCUT2D eigenvalue weighted by atomic mass is 16.6. The van der Waals surface area contributed by atoms with Gasteiger partial charge in [-0.15, -0.1) is 0 Å². The number of nitrogens with one attached hydrogen (secondary N) is 2. The van der Waals surface area contributed by atoms with Gasteiger partial charge in [-0.2, -0.15) is 0 Å². The van der Waals surface area contributed by atoms with Gasteiger partial charge in [-0.25, -0.2) is 0 Å². The maximum Gasteiger partial charge on any atom is 0.310 e. The van der Waals surface area contributed by atoms with Crippen LogP contribution in [0.2, 0.25) is 0 Å². The van der Waals surface area contributed by atoms with E-state index in [0.717, 1.165) is 12.0 Å². The minimum atomic E-state index is -1.81. The van der Waals surface area contributed by atoms with Crippen LogP contribution in [0.15, 0.2) is 59.6 Å². The van der Waals surface area contributed by atoms with Crippen LogP contribution in [-0.4, -0.2) is 34.6 Å². The van der Waals surface area contributed by atoms with E-state index >= 15 is 0 Å². The first-order valence-corrected chi connectivity index (χ1v) is 10.2. The molecule has 3 aliphatic heterocycles. The molecule has 1 unspecified atom stereocenters. The largest absolute Gasteiger partial charge is 0.366 e. The third kappa shape index (κ3) is 1.99. The fourth-order valence-electron chi connectivity index (χ4n) is 5.40. The van der Waals surface area contributed by atoms with Gasteiger partial charge in [0.25, 0.3) is 5.91 Å². The molecule has 4 aliphatic rings. The molecule has 6 rings (SSSR count). The number of fused-ring (bicyclic) bond motifs is 7. The van der Waals surface area contributed by atoms with Crippen molar-refractivity contribution in [3.8, 4) is 0 Å². The molecule has 2 aromatic rings. The number of nitrogens with zero attached hydrogens (tertiary/aromatic N) is 2. The zero-order valence-corrected chi connectivity index (χ0v) is 16.7. The smallest absolute Gasteiger partial charge is 0.310 e. The molecule has 0 aromatic heterocycles. The van der Waals surface area contributed by atoms with Crippen LogP contribution in [0.1, 0.15) is 33.5 Å². The molecular formula is C23H18N4O4. The van der Waals surface area contributed by atoms with Gasteiger partial charge in [0, 0.05) is 35.5 Å². The Balaban J connectivity index is 1.79. The average Bonchev–Trinajstić information content (AvgIpc) is 3.21. The summed E-state index contributed by atoms with van der Waals surface area (Å²) < 4.78 is 0. The van der Waals surface area contributed by atoms with Crippen LogP contribution in [0.5, 0.6) is 0 Å². The summed E-state index contributed by atoms with van der Waals surface area (Å²) in [4.78, 5) is 41.3. The van der Waals surface area contributed by atoms with Crippen molar-refractivity contribution in [2.75, 3.05) is 18.4 Å². The van der Waals surface area contributed by atoms with Gasteiger partial charge in [-0.05, 0) is 19.4 Å². The average molecular weight is 414 g/mol. The normalized spacial score (nSPS) is 23.3. The molecular weight excluding hydrogens is 396 g/mol. The summed E-state index contributed by atoms with van der Waals surface area (Å²) in [6, 6.07) is 12.5. The van der Waals surface area contributed by atoms with E-state index in [2.05, 4.69) is 10.6 Å². The lowest BCUT2D eigenvalue weighted by molar-refractivity contribution is -0.435. The molecule has 0 bridgehead atoms. The summed E-state index contributed by atoms with van der Waals surface area (Å²) >= 11 is 0. The number of anilines is 1. The Bertz CT molecular complexity index is 1310. The van der Waals surface area contributed by atoms with Crippen LogP contribution in [0, 0.1) is 17.0 Å². The van der Waals surface area contributed by atoms with Crippen LogP contribution in [0.3, 0.4) is 0 Å². The van der Waals surface area contributed by atoms with E-state index in [-0.39, 0.29) is 17.1 Å². The Morgan fingerprint density at radius 1 is 1.13 bits per heavy atom. The molecule has 0 saturated carbocycles. The number of aryl methyl sites for hydroxylation is 1. The molecule has 2 aromatic carbocycles. The molecule has 1 spiro atoms. The lowest BCUT2D eigenvalue weighted by Gasteiger charge is -2.41. The standard InChI is InChI=1S/C23H18N4O4/c1-12-7-8-16-15(11-12)23(22(29)25-16)17-18(13-5-2-3-6-14(13)19(17)28)26-10-4-9-24-21(26)20(23)27(30)31/h2-3,5-8,11,24H,4,9-10H2,1H3,(H,25,29). The van der Waals surface area contributed by atoms with E-state index in [1.807, 2.05) is 30.0 Å². The molecule has 154 valence electrons. The first-order chi connectivity index (χ1) is 15.0. The lowest BCUT2D eigenvalue weighted by Crippen LogP contribution is -2.52. The van der Waals surface area contributed by atoms with Crippen molar-refractivity contribution in [2.24, 2.45) is 0 Å². The molecule has 1 aliphatic carbocycles. The predicted octanol–water partition coefficient (Wildman–Crippen LogP) is 2.55. The summed E-state index contributed by atoms with van der Waals surface area (Å²) in [6.45, 7) is 2.95. The van der Waals surface area contributed by atoms with Crippen LogP contribution in [0.4, 0.5) is 5.69 Å². The molecule has 2 N–H and O–H groups in total. The zero-order valence-electron chi connectivity index (χ0n) is 16.7. The zero-order chi connectivity index (χ0) is 21.5. The molecule has 3 heterocycles. The number of hydrogen-bond donors (Lipinski definition) is 2. The first kappa shape index (κ1) is 17.9. The van der Waals surface area contributed by atoms with E-state index < -0.39 is 16.2 Å². The number of hydrogen-bond acceptors (Lipinski definition) is 6. The second kappa shape index (κ2) is 5.81. The molecule has 0 radical (unpaired) electrons. The van der Waals surface area contributed by atoms with Crippen LogP contribution < -0.4 is 10.6 Å². The molecule has 1 amide bonds. The number of nitro groups is 1. The highest BCUT2D eigenvalue weighted by Crippen LogP contribution is 2.58. The number of rotatable bonds is 1. The van der Waals surface area contributed by atoms with E-state index in [9.17, 15) is 19.7 Å². The van der Waals surface area contributed by atoms with E-state index in [1.165, 1.54) is 0 Å². The van der Waals surface area contributed by atoms with Gasteiger partial charge in [0.05, 0.1) is 16.2 Å². The van der Waals surface area contributed by atoms with Gasteiger partial charge < -0.3 is 15.5 Å². The third-order valence-electron chi connectivity index (χ3n) is 6.59. The molecule has 1 atom stereocenters. The van der Waals surface area contributed by atoms with E-state index in [0.29, 0.717) is 47.0 Å². The van der Waals surface area contributed by atoms with E-state index in [4.69, 9.17) is 0 Å². The molecule has 1 saturated heterocycles. The summed E-state index contributed by atoms with van der Waals surface area (Å²) in [5.74, 6) is -0.601. The molecule has 8 nitrogen and oxygen atoms in total. The lowest BCUT2D eigenvalue weighted by atomic mass is 9.68. The second-order valence-corrected chi connectivity index (χ2v) is 8.24. The first-order valence-electron chi connectivity index (χ1n) is 10.2. The molecule has 1 fully saturated rings. The molecule has 31 heavy (non-hydrogen) atoms. The van der Waals surface area contributed by atoms with Gasteiger partial charge >= 0.3 is 5.70 Å². The summed E-state index contributed by atoms with van der Waals surface area (Å²) in [5, 5.41) is 18.5. The maximum atomic E-state index is 13.7. The Hall–Kier alpha value is -3.94. The minimum Gasteiger partial charge on any atom is -0.366 e.